The Morgan fingerprint density at radius 2 is 1.31 bits per heavy atom. The molecule has 2 heterocycles. The molecular formula is C25H24N3S+. The smallest absolute Gasteiger partial charge is 0.233 e. The lowest BCUT2D eigenvalue weighted by Gasteiger charge is -2.36. The van der Waals surface area contributed by atoms with Crippen LogP contribution in [0.3, 0.4) is 0 Å². The van der Waals surface area contributed by atoms with Crippen molar-refractivity contribution in [2.45, 2.75) is 23.0 Å². The van der Waals surface area contributed by atoms with E-state index in [9.17, 15) is 0 Å². The maximum absolute atomic E-state index is 4.50. The van der Waals surface area contributed by atoms with Gasteiger partial charge < -0.3 is 0 Å². The zero-order valence-electron chi connectivity index (χ0n) is 16.5. The summed E-state index contributed by atoms with van der Waals surface area (Å²) < 4.78 is 4.04. The van der Waals surface area contributed by atoms with Crippen molar-refractivity contribution in [3.05, 3.63) is 120 Å². The van der Waals surface area contributed by atoms with Crippen molar-refractivity contribution in [2.24, 2.45) is 7.05 Å². The van der Waals surface area contributed by atoms with Gasteiger partial charge in [-0.1, -0.05) is 91.0 Å². The van der Waals surface area contributed by atoms with Crippen LogP contribution in [0.1, 0.15) is 34.2 Å². The Labute approximate surface area is 176 Å². The summed E-state index contributed by atoms with van der Waals surface area (Å²) in [6.07, 6.45) is 3.08. The molecule has 144 valence electrons. The SMILES string of the molecule is Cn1nc[n+]2c1C(SC(c1ccccc1)(c1ccccc1)c1ccccc1)CC2. The molecule has 0 spiro atoms. The highest BCUT2D eigenvalue weighted by Crippen LogP contribution is 2.55. The maximum Gasteiger partial charge on any atom is 0.265 e. The van der Waals surface area contributed by atoms with Gasteiger partial charge in [0, 0.05) is 11.5 Å². The Balaban J connectivity index is 1.74. The average Bonchev–Trinajstić information content (AvgIpc) is 3.37. The molecule has 4 aromatic rings. The van der Waals surface area contributed by atoms with Gasteiger partial charge in [0.1, 0.15) is 0 Å². The fourth-order valence-corrected chi connectivity index (χ4v) is 6.30. The zero-order chi connectivity index (χ0) is 19.7. The van der Waals surface area contributed by atoms with Crippen LogP contribution in [0.15, 0.2) is 97.3 Å². The van der Waals surface area contributed by atoms with Crippen molar-refractivity contribution in [3.63, 3.8) is 0 Å². The van der Waals surface area contributed by atoms with Gasteiger partial charge in [-0.2, -0.15) is 0 Å². The van der Waals surface area contributed by atoms with Crippen LogP contribution >= 0.6 is 11.8 Å². The predicted octanol–water partition coefficient (Wildman–Crippen LogP) is 4.88. The molecular weight excluding hydrogens is 374 g/mol. The standard InChI is InChI=1S/C25H24N3S/c1-27-24-23(17-18-28(24)19-26-27)29-25(20-11-5-2-6-12-20,21-13-7-3-8-14-21)22-15-9-4-10-16-22/h2-16,19,23H,17-18H2,1H3/q+1. The molecule has 1 atom stereocenters. The van der Waals surface area contributed by atoms with Gasteiger partial charge in [-0.05, 0) is 16.7 Å². The van der Waals surface area contributed by atoms with Crippen molar-refractivity contribution in [1.29, 1.82) is 0 Å². The Hall–Kier alpha value is -2.85. The number of thioether (sulfide) groups is 1. The number of nitrogens with zero attached hydrogens (tertiary/aromatic N) is 3. The Bertz CT molecular complexity index is 994. The van der Waals surface area contributed by atoms with Gasteiger partial charge in [0.25, 0.3) is 6.33 Å². The van der Waals surface area contributed by atoms with E-state index in [1.165, 1.54) is 22.5 Å². The lowest BCUT2D eigenvalue weighted by molar-refractivity contribution is -0.691. The molecule has 0 saturated heterocycles. The number of fused-ring (bicyclic) bond motifs is 1. The first kappa shape index (κ1) is 18.2. The van der Waals surface area contributed by atoms with Gasteiger partial charge in [-0.3, -0.25) is 0 Å². The summed E-state index contributed by atoms with van der Waals surface area (Å²) in [5.41, 5.74) is 3.93. The van der Waals surface area contributed by atoms with Gasteiger partial charge in [0.15, 0.2) is 0 Å². The Morgan fingerprint density at radius 3 is 1.79 bits per heavy atom. The minimum atomic E-state index is -0.291. The first-order valence-electron chi connectivity index (χ1n) is 10.0. The van der Waals surface area contributed by atoms with Crippen molar-refractivity contribution in [3.8, 4) is 0 Å². The first-order chi connectivity index (χ1) is 14.3. The van der Waals surface area contributed by atoms with E-state index >= 15 is 0 Å². The minimum Gasteiger partial charge on any atom is -0.233 e. The van der Waals surface area contributed by atoms with Crippen LogP contribution < -0.4 is 4.57 Å². The monoisotopic (exact) mass is 398 g/mol. The van der Waals surface area contributed by atoms with Crippen molar-refractivity contribution < 1.29 is 4.57 Å². The summed E-state index contributed by atoms with van der Waals surface area (Å²) in [4.78, 5) is 0. The molecule has 29 heavy (non-hydrogen) atoms. The fraction of sp³-hybridized carbons (Fsp3) is 0.200. The van der Waals surface area contributed by atoms with Gasteiger partial charge in [0.05, 0.1) is 23.6 Å². The lowest BCUT2D eigenvalue weighted by Crippen LogP contribution is -2.31. The molecule has 4 heteroatoms. The van der Waals surface area contributed by atoms with E-state index < -0.39 is 0 Å². The molecule has 0 N–H and O–H groups in total. The van der Waals surface area contributed by atoms with Crippen molar-refractivity contribution >= 4 is 11.8 Å². The number of benzene rings is 3. The van der Waals surface area contributed by atoms with Crippen LogP contribution in [0.4, 0.5) is 0 Å². The molecule has 0 fully saturated rings. The van der Waals surface area contributed by atoms with Gasteiger partial charge >= 0.3 is 0 Å². The molecule has 0 aliphatic carbocycles. The minimum absolute atomic E-state index is 0.291. The molecule has 0 bridgehead atoms. The highest BCUT2D eigenvalue weighted by molar-refractivity contribution is 8.00. The van der Waals surface area contributed by atoms with Crippen LogP contribution in [0.5, 0.6) is 0 Å². The molecule has 1 aliphatic heterocycles. The van der Waals surface area contributed by atoms with Crippen molar-refractivity contribution in [1.82, 2.24) is 9.78 Å². The van der Waals surface area contributed by atoms with Gasteiger partial charge in [0.2, 0.25) is 5.82 Å². The number of aryl methyl sites for hydroxylation is 2. The van der Waals surface area contributed by atoms with E-state index in [0.29, 0.717) is 5.25 Å². The highest BCUT2D eigenvalue weighted by atomic mass is 32.2. The Kier molecular flexibility index (Phi) is 4.72. The van der Waals surface area contributed by atoms with Gasteiger partial charge in [-0.25, -0.2) is 4.57 Å². The molecule has 1 unspecified atom stereocenters. The third-order valence-electron chi connectivity index (χ3n) is 5.77. The number of rotatable bonds is 5. The van der Waals surface area contributed by atoms with E-state index in [2.05, 4.69) is 108 Å². The summed E-state index contributed by atoms with van der Waals surface area (Å²) in [7, 11) is 2.06. The van der Waals surface area contributed by atoms with E-state index in [1.54, 1.807) is 0 Å². The third kappa shape index (κ3) is 3.08. The molecule has 0 radical (unpaired) electrons. The zero-order valence-corrected chi connectivity index (χ0v) is 17.3. The van der Waals surface area contributed by atoms with Crippen LogP contribution in [-0.2, 0) is 18.3 Å². The third-order valence-corrected chi connectivity index (χ3v) is 7.56. The summed E-state index contributed by atoms with van der Waals surface area (Å²) >= 11 is 2.04. The van der Waals surface area contributed by atoms with Crippen LogP contribution in [0, 0.1) is 0 Å². The summed E-state index contributed by atoms with van der Waals surface area (Å²) in [5.74, 6) is 1.29. The van der Waals surface area contributed by atoms with Gasteiger partial charge in [-0.15, -0.1) is 16.4 Å². The normalized spacial score (nSPS) is 16.0. The lowest BCUT2D eigenvalue weighted by atomic mass is 9.84. The molecule has 0 saturated carbocycles. The molecule has 5 rings (SSSR count). The average molecular weight is 399 g/mol. The first-order valence-corrected chi connectivity index (χ1v) is 10.9. The van der Waals surface area contributed by atoms with Crippen molar-refractivity contribution in [2.75, 3.05) is 0 Å². The van der Waals surface area contributed by atoms with E-state index in [4.69, 9.17) is 0 Å². The maximum atomic E-state index is 4.50. The molecule has 3 nitrogen and oxygen atoms in total. The quantitative estimate of drug-likeness (QED) is 0.353. The second kappa shape index (κ2) is 7.53. The molecule has 1 aromatic heterocycles. The number of hydrogen-bond donors (Lipinski definition) is 0. The summed E-state index contributed by atoms with van der Waals surface area (Å²) in [6.45, 7) is 1.02. The van der Waals surface area contributed by atoms with Crippen LogP contribution in [0.25, 0.3) is 0 Å². The second-order valence-electron chi connectivity index (χ2n) is 7.48. The molecule has 3 aromatic carbocycles. The second-order valence-corrected chi connectivity index (χ2v) is 8.90. The molecule has 1 aliphatic rings. The number of aromatic nitrogens is 3. The number of hydrogen-bond acceptors (Lipinski definition) is 2. The fourth-order valence-electron chi connectivity index (χ4n) is 4.44. The predicted molar refractivity (Wildman–Crippen MR) is 118 cm³/mol. The van der Waals surface area contributed by atoms with Crippen LogP contribution in [-0.4, -0.2) is 9.78 Å². The van der Waals surface area contributed by atoms with E-state index in [-0.39, 0.29) is 4.75 Å². The summed E-state index contributed by atoms with van der Waals surface area (Å²) in [6, 6.07) is 32.8. The van der Waals surface area contributed by atoms with Crippen LogP contribution in [0.2, 0.25) is 0 Å². The Morgan fingerprint density at radius 1 is 0.828 bits per heavy atom. The van der Waals surface area contributed by atoms with E-state index in [0.717, 1.165) is 13.0 Å². The largest absolute Gasteiger partial charge is 0.265 e. The highest BCUT2D eigenvalue weighted by Gasteiger charge is 2.44. The molecule has 0 amide bonds. The summed E-state index contributed by atoms with van der Waals surface area (Å²) in [5, 5.41) is 4.87. The van der Waals surface area contributed by atoms with E-state index in [1.807, 2.05) is 22.8 Å². The topological polar surface area (TPSA) is 21.7 Å².